The van der Waals surface area contributed by atoms with E-state index in [0.29, 0.717) is 11.8 Å². The molecule has 5 atom stereocenters. The molecule has 0 fully saturated rings. The fourth-order valence-electron chi connectivity index (χ4n) is 4.99. The lowest BCUT2D eigenvalue weighted by atomic mass is 9.66. The number of aliphatic hydroxyl groups excluding tert-OH is 5. The summed E-state index contributed by atoms with van der Waals surface area (Å²) < 4.78 is 5.85. The van der Waals surface area contributed by atoms with Gasteiger partial charge in [-0.25, -0.2) is 19.0 Å². The maximum absolute atomic E-state index is 14.6. The number of hydrogen-bond donors (Lipinski definition) is 11. The SMILES string of the molecule is CCC(CO)(CO)COC(=O)C(C(S)CC(=O)O)(C(S)C(CCO)C(=O)O)C(CCO)(SCCO)n1c(=O)[nH]c(=O)[nH]c1=O. The predicted octanol–water partition coefficient (Wildman–Crippen LogP) is -2.95. The molecular weight excluding hydrogens is 650 g/mol. The Kier molecular flexibility index (Phi) is 15.7. The molecule has 5 unspecified atom stereocenters. The number of carbonyl (C=O) groups is 3. The van der Waals surface area contributed by atoms with Gasteiger partial charge in [-0.2, -0.15) is 25.3 Å². The molecule has 0 amide bonds. The van der Waals surface area contributed by atoms with Crippen molar-refractivity contribution in [1.82, 2.24) is 14.5 Å². The number of carbonyl (C=O) groups excluding carboxylic acids is 1. The van der Waals surface area contributed by atoms with Gasteiger partial charge in [0.2, 0.25) is 0 Å². The second kappa shape index (κ2) is 17.4. The molecule has 252 valence electrons. The predicted molar refractivity (Wildman–Crippen MR) is 162 cm³/mol. The van der Waals surface area contributed by atoms with Crippen LogP contribution in [0.4, 0.5) is 0 Å². The number of aliphatic hydroxyl groups is 5. The number of esters is 1. The number of aliphatic carboxylic acids is 2. The summed E-state index contributed by atoms with van der Waals surface area (Å²) >= 11 is 9.33. The molecular formula is C24H39N3O14S3. The smallest absolute Gasteiger partial charge is 0.334 e. The van der Waals surface area contributed by atoms with Crippen LogP contribution < -0.4 is 17.1 Å². The number of H-pyrrole nitrogens is 2. The lowest BCUT2D eigenvalue weighted by Crippen LogP contribution is -2.69. The van der Waals surface area contributed by atoms with Crippen LogP contribution in [0.3, 0.4) is 0 Å². The number of carboxylic acid groups (broad SMARTS) is 2. The molecule has 1 aromatic rings. The summed E-state index contributed by atoms with van der Waals surface area (Å²) in [6.07, 6.45) is -2.40. The van der Waals surface area contributed by atoms with Crippen molar-refractivity contribution in [3.8, 4) is 0 Å². The molecule has 0 aromatic carbocycles. The van der Waals surface area contributed by atoms with E-state index in [4.69, 9.17) is 4.74 Å². The van der Waals surface area contributed by atoms with E-state index in [1.54, 1.807) is 6.92 Å². The zero-order chi connectivity index (χ0) is 33.9. The molecule has 0 aliphatic rings. The number of carboxylic acids is 2. The number of aromatic nitrogens is 3. The van der Waals surface area contributed by atoms with Crippen molar-refractivity contribution in [2.45, 2.75) is 48.0 Å². The number of nitrogens with zero attached hydrogens (tertiary/aromatic N) is 1. The molecule has 0 aliphatic carbocycles. The highest BCUT2D eigenvalue weighted by molar-refractivity contribution is 8.00. The van der Waals surface area contributed by atoms with Gasteiger partial charge >= 0.3 is 35.0 Å². The minimum absolute atomic E-state index is 0.0480. The van der Waals surface area contributed by atoms with E-state index in [9.17, 15) is 64.5 Å². The highest BCUT2D eigenvalue weighted by Crippen LogP contribution is 2.58. The van der Waals surface area contributed by atoms with Crippen molar-refractivity contribution >= 4 is 54.9 Å². The molecule has 17 nitrogen and oxygen atoms in total. The van der Waals surface area contributed by atoms with Crippen LogP contribution in [0.25, 0.3) is 0 Å². The summed E-state index contributed by atoms with van der Waals surface area (Å²) in [6.45, 7) is -3.00. The summed E-state index contributed by atoms with van der Waals surface area (Å²) in [5, 5.41) is 65.8. The van der Waals surface area contributed by atoms with E-state index < -0.39 is 132 Å². The van der Waals surface area contributed by atoms with Gasteiger partial charge < -0.3 is 40.5 Å². The minimum atomic E-state index is -2.84. The van der Waals surface area contributed by atoms with Crippen LogP contribution in [0.5, 0.6) is 0 Å². The topological polar surface area (TPSA) is 290 Å². The molecule has 0 saturated carbocycles. The number of ether oxygens (including phenoxy) is 1. The summed E-state index contributed by atoms with van der Waals surface area (Å²) in [6, 6.07) is 0. The van der Waals surface area contributed by atoms with Crippen molar-refractivity contribution < 1.29 is 54.9 Å². The highest BCUT2D eigenvalue weighted by Gasteiger charge is 2.68. The average Bonchev–Trinajstić information content (AvgIpc) is 2.95. The summed E-state index contributed by atoms with van der Waals surface area (Å²) in [7, 11) is 0. The van der Waals surface area contributed by atoms with Crippen molar-refractivity contribution in [2.75, 3.05) is 45.4 Å². The zero-order valence-corrected chi connectivity index (χ0v) is 26.4. The zero-order valence-electron chi connectivity index (χ0n) is 23.7. The lowest BCUT2D eigenvalue weighted by molar-refractivity contribution is -0.170. The van der Waals surface area contributed by atoms with Gasteiger partial charge in [0.25, 0.3) is 0 Å². The Morgan fingerprint density at radius 3 is 1.93 bits per heavy atom. The molecule has 20 heteroatoms. The van der Waals surface area contributed by atoms with E-state index in [1.807, 2.05) is 9.97 Å². The molecule has 0 spiro atoms. The molecule has 0 radical (unpaired) electrons. The Labute approximate surface area is 265 Å². The number of thiol groups is 2. The monoisotopic (exact) mass is 689 g/mol. The van der Waals surface area contributed by atoms with E-state index in [2.05, 4.69) is 25.3 Å². The molecule has 1 rings (SSSR count). The van der Waals surface area contributed by atoms with Crippen LogP contribution in [-0.2, 0) is 24.0 Å². The fourth-order valence-corrected chi connectivity index (χ4v) is 8.25. The van der Waals surface area contributed by atoms with Crippen molar-refractivity contribution in [2.24, 2.45) is 16.7 Å². The van der Waals surface area contributed by atoms with Gasteiger partial charge in [-0.3, -0.25) is 24.4 Å². The first kappa shape index (κ1) is 39.7. The van der Waals surface area contributed by atoms with Crippen LogP contribution in [0.2, 0.25) is 0 Å². The summed E-state index contributed by atoms with van der Waals surface area (Å²) in [4.78, 5) is 78.9. The molecule has 1 heterocycles. The van der Waals surface area contributed by atoms with Crippen molar-refractivity contribution in [1.29, 1.82) is 0 Å². The first-order valence-electron chi connectivity index (χ1n) is 13.3. The van der Waals surface area contributed by atoms with E-state index in [0.717, 1.165) is 0 Å². The quantitative estimate of drug-likeness (QED) is 0.0454. The number of thioether (sulfide) groups is 1. The van der Waals surface area contributed by atoms with Gasteiger partial charge in [0, 0.05) is 35.9 Å². The molecule has 1 aromatic heterocycles. The number of aromatic amines is 2. The van der Waals surface area contributed by atoms with Crippen LogP contribution in [0.1, 0.15) is 32.6 Å². The van der Waals surface area contributed by atoms with Crippen molar-refractivity contribution in [3.63, 3.8) is 0 Å². The maximum Gasteiger partial charge on any atom is 0.334 e. The van der Waals surface area contributed by atoms with E-state index >= 15 is 0 Å². The third-order valence-electron chi connectivity index (χ3n) is 7.50. The number of rotatable bonds is 21. The van der Waals surface area contributed by atoms with Gasteiger partial charge in [-0.1, -0.05) is 6.92 Å². The second-order valence-corrected chi connectivity index (χ2v) is 12.5. The molecule has 9 N–H and O–H groups in total. The van der Waals surface area contributed by atoms with Gasteiger partial charge in [0.1, 0.15) is 16.9 Å². The van der Waals surface area contributed by atoms with Crippen LogP contribution in [0.15, 0.2) is 14.4 Å². The minimum Gasteiger partial charge on any atom is -0.481 e. The molecule has 0 saturated heterocycles. The van der Waals surface area contributed by atoms with Gasteiger partial charge in [-0.15, -0.1) is 11.8 Å². The fraction of sp³-hybridized carbons (Fsp3) is 0.750. The standard InChI is InChI=1S/C24H39N3O14S3/c1-2-22(10-31,11-32)12-41-18(37)24(14(42)9-15(33)34,16(43)13(3-5-28)17(35)36)23(4-6-29,44-8-7-30)27-20(39)25-19(38)26-21(27)40/h13-14,16,28-32,42-43H,2-12H2,1H3,(H,33,34)(H,35,36)(H2,25,26,38,39,40). The Balaban J connectivity index is 4.58. The largest absolute Gasteiger partial charge is 0.481 e. The molecule has 0 aliphatic heterocycles. The van der Waals surface area contributed by atoms with Crippen LogP contribution in [-0.4, -0.2) is 124 Å². The molecule has 44 heavy (non-hydrogen) atoms. The Morgan fingerprint density at radius 2 is 1.52 bits per heavy atom. The normalized spacial score (nSPS) is 16.7. The van der Waals surface area contributed by atoms with Crippen LogP contribution >= 0.6 is 37.0 Å². The van der Waals surface area contributed by atoms with Gasteiger partial charge in [0.05, 0.1) is 37.6 Å². The van der Waals surface area contributed by atoms with Gasteiger partial charge in [-0.05, 0) is 12.8 Å². The van der Waals surface area contributed by atoms with Crippen LogP contribution in [0, 0.1) is 16.7 Å². The highest BCUT2D eigenvalue weighted by atomic mass is 32.2. The third-order valence-corrected chi connectivity index (χ3v) is 10.4. The summed E-state index contributed by atoms with van der Waals surface area (Å²) in [5.74, 6) is -6.97. The van der Waals surface area contributed by atoms with Crippen molar-refractivity contribution in [3.05, 3.63) is 31.5 Å². The van der Waals surface area contributed by atoms with E-state index in [-0.39, 0.29) is 11.0 Å². The Morgan fingerprint density at radius 1 is 0.955 bits per heavy atom. The third kappa shape index (κ3) is 8.08. The van der Waals surface area contributed by atoms with E-state index in [1.165, 1.54) is 0 Å². The average molecular weight is 690 g/mol. The second-order valence-electron chi connectivity index (χ2n) is 9.99. The Hall–Kier alpha value is -2.33. The number of nitrogens with one attached hydrogen (secondary N) is 2. The van der Waals surface area contributed by atoms with Gasteiger partial charge in [0.15, 0.2) is 0 Å². The number of hydrogen-bond acceptors (Lipinski definition) is 15. The first-order chi connectivity index (χ1) is 20.6. The molecule has 0 bridgehead atoms. The Bertz CT molecular complexity index is 1260. The lowest BCUT2D eigenvalue weighted by Gasteiger charge is -2.54. The first-order valence-corrected chi connectivity index (χ1v) is 15.3. The maximum atomic E-state index is 14.6. The summed E-state index contributed by atoms with van der Waals surface area (Å²) in [5.41, 5.74) is -8.49.